The summed E-state index contributed by atoms with van der Waals surface area (Å²) in [6.45, 7) is 0. The van der Waals surface area contributed by atoms with Crippen LogP contribution in [0.3, 0.4) is 0 Å². The first-order valence-corrected chi connectivity index (χ1v) is 5.66. The van der Waals surface area contributed by atoms with Crippen molar-refractivity contribution in [2.75, 3.05) is 0 Å². The van der Waals surface area contributed by atoms with Gasteiger partial charge in [0.15, 0.2) is 11.6 Å². The Bertz CT molecular complexity index is 768. The van der Waals surface area contributed by atoms with Crippen LogP contribution in [0.25, 0.3) is 22.2 Å². The van der Waals surface area contributed by atoms with Gasteiger partial charge in [-0.2, -0.15) is 0 Å². The lowest BCUT2D eigenvalue weighted by molar-refractivity contribution is 0.497. The van der Waals surface area contributed by atoms with Crippen LogP contribution in [0.2, 0.25) is 0 Å². The van der Waals surface area contributed by atoms with Crippen LogP contribution in [0, 0.1) is 17.5 Å². The Kier molecular flexibility index (Phi) is 2.71. The number of pyridine rings is 1. The predicted octanol–water partition coefficient (Wildman–Crippen LogP) is 4.32. The van der Waals surface area contributed by atoms with Gasteiger partial charge < -0.3 is 0 Å². The van der Waals surface area contributed by atoms with Gasteiger partial charge in [-0.3, -0.25) is 0 Å². The molecule has 1 heterocycles. The third kappa shape index (κ3) is 2.05. The summed E-state index contributed by atoms with van der Waals surface area (Å²) < 4.78 is 40.1. The minimum atomic E-state index is -1.22. The second kappa shape index (κ2) is 4.39. The van der Waals surface area contributed by atoms with E-state index in [2.05, 4.69) is 4.98 Å². The molecule has 3 aromatic rings. The zero-order chi connectivity index (χ0) is 13.4. The van der Waals surface area contributed by atoms with Crippen LogP contribution >= 0.6 is 0 Å². The van der Waals surface area contributed by atoms with Gasteiger partial charge in [-0.25, -0.2) is 18.2 Å². The molecule has 1 nitrogen and oxygen atoms in total. The van der Waals surface area contributed by atoms with E-state index in [1.54, 1.807) is 24.3 Å². The summed E-state index contributed by atoms with van der Waals surface area (Å²) in [6.07, 6.45) is 0. The lowest BCUT2D eigenvalue weighted by Gasteiger charge is -2.05. The Morgan fingerprint density at radius 3 is 2.47 bits per heavy atom. The van der Waals surface area contributed by atoms with Crippen LogP contribution in [0.15, 0.2) is 48.5 Å². The molecule has 0 saturated carbocycles. The Balaban J connectivity index is 2.24. The molecule has 2 aromatic carbocycles. The molecule has 4 heteroatoms. The molecule has 0 aliphatic rings. The average Bonchev–Trinajstić information content (AvgIpc) is 2.42. The molecule has 0 aliphatic carbocycles. The van der Waals surface area contributed by atoms with Crippen molar-refractivity contribution in [1.82, 2.24) is 4.98 Å². The number of rotatable bonds is 1. The Hall–Kier alpha value is -2.36. The van der Waals surface area contributed by atoms with E-state index in [4.69, 9.17) is 0 Å². The molecular formula is C15H8F3N. The number of hydrogen-bond donors (Lipinski definition) is 0. The molecule has 0 spiro atoms. The molecule has 0 aliphatic heterocycles. The van der Waals surface area contributed by atoms with E-state index in [0.717, 1.165) is 11.5 Å². The lowest BCUT2D eigenvalue weighted by Crippen LogP contribution is -1.94. The molecule has 0 fully saturated rings. The summed E-state index contributed by atoms with van der Waals surface area (Å²) in [5, 5.41) is 0.878. The maximum Gasteiger partial charge on any atom is 0.168 e. The molecule has 0 N–H and O–H groups in total. The van der Waals surface area contributed by atoms with Crippen molar-refractivity contribution in [3.63, 3.8) is 0 Å². The number of halogens is 3. The van der Waals surface area contributed by atoms with Crippen LogP contribution in [-0.2, 0) is 0 Å². The average molecular weight is 259 g/mol. The van der Waals surface area contributed by atoms with Crippen LogP contribution in [-0.4, -0.2) is 4.98 Å². The SMILES string of the molecule is Fc1cc(F)c(F)c(-c2ccc3ccccc3n2)c1. The molecule has 0 amide bonds. The minimum absolute atomic E-state index is 0.178. The Labute approximate surface area is 107 Å². The zero-order valence-electron chi connectivity index (χ0n) is 9.70. The number of nitrogens with zero attached hydrogens (tertiary/aromatic N) is 1. The molecule has 94 valence electrons. The smallest absolute Gasteiger partial charge is 0.168 e. The van der Waals surface area contributed by atoms with Crippen molar-refractivity contribution < 1.29 is 13.2 Å². The highest BCUT2D eigenvalue weighted by molar-refractivity contribution is 5.81. The molecule has 0 atom stereocenters. The Morgan fingerprint density at radius 2 is 1.63 bits per heavy atom. The van der Waals surface area contributed by atoms with Crippen molar-refractivity contribution >= 4 is 10.9 Å². The largest absolute Gasteiger partial charge is 0.248 e. The summed E-state index contributed by atoms with van der Waals surface area (Å²) in [4.78, 5) is 4.22. The van der Waals surface area contributed by atoms with E-state index in [-0.39, 0.29) is 11.3 Å². The van der Waals surface area contributed by atoms with Crippen LogP contribution in [0.4, 0.5) is 13.2 Å². The highest BCUT2D eigenvalue weighted by atomic mass is 19.2. The summed E-state index contributed by atoms with van der Waals surface area (Å²) in [7, 11) is 0. The van der Waals surface area contributed by atoms with Crippen LogP contribution in [0.5, 0.6) is 0 Å². The molecule has 3 rings (SSSR count). The Morgan fingerprint density at radius 1 is 0.842 bits per heavy atom. The molecule has 19 heavy (non-hydrogen) atoms. The zero-order valence-corrected chi connectivity index (χ0v) is 9.70. The van der Waals surface area contributed by atoms with Crippen molar-refractivity contribution in [2.45, 2.75) is 0 Å². The van der Waals surface area contributed by atoms with Gasteiger partial charge in [0.2, 0.25) is 0 Å². The van der Waals surface area contributed by atoms with Crippen molar-refractivity contribution in [3.8, 4) is 11.3 Å². The third-order valence-electron chi connectivity index (χ3n) is 2.87. The van der Waals surface area contributed by atoms with Gasteiger partial charge in [0.25, 0.3) is 0 Å². The fourth-order valence-corrected chi connectivity index (χ4v) is 1.96. The summed E-state index contributed by atoms with van der Waals surface area (Å²) in [5.74, 6) is -3.14. The monoisotopic (exact) mass is 259 g/mol. The molecule has 0 saturated heterocycles. The number of fused-ring (bicyclic) bond motifs is 1. The minimum Gasteiger partial charge on any atom is -0.248 e. The van der Waals surface area contributed by atoms with Crippen LogP contribution in [0.1, 0.15) is 0 Å². The fraction of sp³-hybridized carbons (Fsp3) is 0. The van der Waals surface area contributed by atoms with E-state index in [1.807, 2.05) is 12.1 Å². The van der Waals surface area contributed by atoms with E-state index in [0.29, 0.717) is 11.6 Å². The van der Waals surface area contributed by atoms with Gasteiger partial charge in [-0.1, -0.05) is 24.3 Å². The van der Waals surface area contributed by atoms with E-state index >= 15 is 0 Å². The maximum atomic E-state index is 13.7. The van der Waals surface area contributed by atoms with Crippen molar-refractivity contribution in [3.05, 3.63) is 66.0 Å². The second-order valence-electron chi connectivity index (χ2n) is 4.14. The van der Waals surface area contributed by atoms with Gasteiger partial charge >= 0.3 is 0 Å². The van der Waals surface area contributed by atoms with E-state index in [1.165, 1.54) is 0 Å². The predicted molar refractivity (Wildman–Crippen MR) is 67.1 cm³/mol. The topological polar surface area (TPSA) is 12.9 Å². The summed E-state index contributed by atoms with van der Waals surface area (Å²) in [6, 6.07) is 12.0. The van der Waals surface area contributed by atoms with Crippen molar-refractivity contribution in [2.24, 2.45) is 0 Å². The lowest BCUT2D eigenvalue weighted by atomic mass is 10.1. The second-order valence-corrected chi connectivity index (χ2v) is 4.14. The number of benzene rings is 2. The fourth-order valence-electron chi connectivity index (χ4n) is 1.96. The van der Waals surface area contributed by atoms with Gasteiger partial charge in [0, 0.05) is 17.0 Å². The summed E-state index contributed by atoms with van der Waals surface area (Å²) >= 11 is 0. The molecule has 1 aromatic heterocycles. The molecule has 0 unspecified atom stereocenters. The highest BCUT2D eigenvalue weighted by Gasteiger charge is 2.14. The quantitative estimate of drug-likeness (QED) is 0.593. The van der Waals surface area contributed by atoms with E-state index in [9.17, 15) is 13.2 Å². The number of hydrogen-bond acceptors (Lipinski definition) is 1. The first kappa shape index (κ1) is 11.7. The first-order chi connectivity index (χ1) is 9.15. The van der Waals surface area contributed by atoms with Crippen molar-refractivity contribution in [1.29, 1.82) is 0 Å². The maximum absolute atomic E-state index is 13.7. The van der Waals surface area contributed by atoms with Gasteiger partial charge in [0.1, 0.15) is 5.82 Å². The summed E-state index contributed by atoms with van der Waals surface area (Å²) in [5.41, 5.74) is 0.668. The molecule has 0 bridgehead atoms. The number of para-hydroxylation sites is 1. The normalized spacial score (nSPS) is 10.9. The highest BCUT2D eigenvalue weighted by Crippen LogP contribution is 2.26. The third-order valence-corrected chi connectivity index (χ3v) is 2.87. The van der Waals surface area contributed by atoms with Gasteiger partial charge in [-0.05, 0) is 18.2 Å². The van der Waals surface area contributed by atoms with Crippen LogP contribution < -0.4 is 0 Å². The van der Waals surface area contributed by atoms with Gasteiger partial charge in [-0.15, -0.1) is 0 Å². The van der Waals surface area contributed by atoms with Gasteiger partial charge in [0.05, 0.1) is 11.2 Å². The first-order valence-electron chi connectivity index (χ1n) is 5.66. The molecular weight excluding hydrogens is 251 g/mol. The number of aromatic nitrogens is 1. The molecule has 0 radical (unpaired) electrons. The van der Waals surface area contributed by atoms with E-state index < -0.39 is 17.5 Å². The standard InChI is InChI=1S/C15H8F3N/c16-10-7-11(15(18)12(17)8-10)14-6-5-9-3-1-2-4-13(9)19-14/h1-8H.